The summed E-state index contributed by atoms with van der Waals surface area (Å²) < 4.78 is 7.88. The van der Waals surface area contributed by atoms with Crippen molar-refractivity contribution in [2.24, 2.45) is 0 Å². The summed E-state index contributed by atoms with van der Waals surface area (Å²) in [5, 5.41) is 2.01. The van der Waals surface area contributed by atoms with Crippen molar-refractivity contribution in [1.82, 2.24) is 4.98 Å². The average molecular weight is 351 g/mol. The molecule has 0 spiro atoms. The van der Waals surface area contributed by atoms with Gasteiger partial charge in [-0.15, -0.1) is 0 Å². The minimum atomic E-state index is 0.249. The molecular weight excluding hydrogens is 337 g/mol. The van der Waals surface area contributed by atoms with Crippen LogP contribution in [-0.4, -0.2) is 27.1 Å². The second kappa shape index (κ2) is 5.53. The summed E-state index contributed by atoms with van der Waals surface area (Å²) in [5.74, 6) is 0.892. The second-order valence-corrected chi connectivity index (χ2v) is 7.26. The predicted octanol–water partition coefficient (Wildman–Crippen LogP) is 2.79. The number of ether oxygens (including phenoxy) is 1. The molecule has 1 heterocycles. The van der Waals surface area contributed by atoms with Crippen LogP contribution in [0.15, 0.2) is 42.5 Å². The SMILES string of the molecule is COc1ccc([Se]c2c(C)[nH]c3ccc(Cl)cc23)cc1. The molecule has 0 aliphatic rings. The molecule has 0 amide bonds. The van der Waals surface area contributed by atoms with Crippen molar-refractivity contribution in [3.63, 3.8) is 0 Å². The molecule has 102 valence electrons. The Kier molecular flexibility index (Phi) is 3.75. The van der Waals surface area contributed by atoms with Crippen LogP contribution in [0.1, 0.15) is 5.69 Å². The monoisotopic (exact) mass is 351 g/mol. The molecule has 0 saturated carbocycles. The molecule has 20 heavy (non-hydrogen) atoms. The number of H-pyrrole nitrogens is 1. The Balaban J connectivity index is 2.00. The number of rotatable bonds is 3. The number of aryl methyl sites for hydroxylation is 1. The molecule has 0 fully saturated rings. The van der Waals surface area contributed by atoms with Crippen LogP contribution in [0.3, 0.4) is 0 Å². The average Bonchev–Trinajstić information content (AvgIpc) is 2.76. The van der Waals surface area contributed by atoms with E-state index >= 15 is 0 Å². The van der Waals surface area contributed by atoms with E-state index < -0.39 is 0 Å². The van der Waals surface area contributed by atoms with E-state index in [1.807, 2.05) is 30.3 Å². The van der Waals surface area contributed by atoms with Crippen LogP contribution in [0.4, 0.5) is 0 Å². The number of methoxy groups -OCH3 is 1. The van der Waals surface area contributed by atoms with Crippen LogP contribution in [0.2, 0.25) is 5.02 Å². The molecule has 3 rings (SSSR count). The van der Waals surface area contributed by atoms with E-state index in [1.54, 1.807) is 7.11 Å². The van der Waals surface area contributed by atoms with Gasteiger partial charge in [-0.1, -0.05) is 0 Å². The van der Waals surface area contributed by atoms with Crippen molar-refractivity contribution in [3.05, 3.63) is 53.2 Å². The van der Waals surface area contributed by atoms with Crippen LogP contribution in [0.5, 0.6) is 5.75 Å². The van der Waals surface area contributed by atoms with Gasteiger partial charge in [0.15, 0.2) is 0 Å². The Hall–Kier alpha value is -1.41. The van der Waals surface area contributed by atoms with E-state index in [4.69, 9.17) is 16.3 Å². The van der Waals surface area contributed by atoms with Gasteiger partial charge in [-0.2, -0.15) is 0 Å². The predicted molar refractivity (Wildman–Crippen MR) is 86.1 cm³/mol. The first-order chi connectivity index (χ1) is 9.67. The summed E-state index contributed by atoms with van der Waals surface area (Å²) in [6.07, 6.45) is 0. The number of hydrogen-bond acceptors (Lipinski definition) is 1. The van der Waals surface area contributed by atoms with Gasteiger partial charge < -0.3 is 0 Å². The first-order valence-electron chi connectivity index (χ1n) is 6.27. The third-order valence-corrected chi connectivity index (χ3v) is 6.00. The van der Waals surface area contributed by atoms with Crippen LogP contribution in [0, 0.1) is 6.92 Å². The molecule has 0 saturated heterocycles. The molecule has 1 N–H and O–H groups in total. The third kappa shape index (κ3) is 2.57. The van der Waals surface area contributed by atoms with Gasteiger partial charge in [-0.05, 0) is 0 Å². The van der Waals surface area contributed by atoms with E-state index in [0.717, 1.165) is 16.3 Å². The molecule has 2 aromatic carbocycles. The Bertz CT molecular complexity index is 749. The van der Waals surface area contributed by atoms with Crippen LogP contribution in [-0.2, 0) is 0 Å². The van der Waals surface area contributed by atoms with Crippen LogP contribution in [0.25, 0.3) is 10.9 Å². The number of benzene rings is 2. The first kappa shape index (κ1) is 13.6. The summed E-state index contributed by atoms with van der Waals surface area (Å²) in [5.41, 5.74) is 2.37. The summed E-state index contributed by atoms with van der Waals surface area (Å²) >= 11 is 6.37. The number of nitrogens with one attached hydrogen (secondary N) is 1. The third-order valence-electron chi connectivity index (χ3n) is 3.17. The van der Waals surface area contributed by atoms with Gasteiger partial charge in [0.25, 0.3) is 0 Å². The van der Waals surface area contributed by atoms with Crippen LogP contribution < -0.4 is 13.7 Å². The number of aromatic amines is 1. The van der Waals surface area contributed by atoms with Crippen molar-refractivity contribution >= 4 is 46.4 Å². The van der Waals surface area contributed by atoms with Gasteiger partial charge in [-0.25, -0.2) is 0 Å². The standard InChI is InChI=1S/C16H14ClNOSe/c1-10-16(14-9-11(17)3-8-15(14)18-10)20-13-6-4-12(19-2)5-7-13/h3-9,18H,1-2H3. The molecular formula is C16H14ClNOSe. The minimum absolute atomic E-state index is 0.249. The Morgan fingerprint density at radius 1 is 1.10 bits per heavy atom. The van der Waals surface area contributed by atoms with E-state index in [2.05, 4.69) is 24.0 Å². The van der Waals surface area contributed by atoms with Gasteiger partial charge in [0.1, 0.15) is 0 Å². The van der Waals surface area contributed by atoms with Crippen molar-refractivity contribution < 1.29 is 4.74 Å². The summed E-state index contributed by atoms with van der Waals surface area (Å²) in [4.78, 5) is 3.43. The number of aromatic nitrogens is 1. The first-order valence-corrected chi connectivity index (χ1v) is 8.36. The van der Waals surface area contributed by atoms with Crippen molar-refractivity contribution in [3.8, 4) is 5.75 Å². The fourth-order valence-corrected chi connectivity index (χ4v) is 4.42. The molecule has 1 aromatic heterocycles. The fourth-order valence-electron chi connectivity index (χ4n) is 2.17. The Labute approximate surface area is 129 Å². The Morgan fingerprint density at radius 3 is 2.55 bits per heavy atom. The number of fused-ring (bicyclic) bond motifs is 1. The molecule has 4 heteroatoms. The maximum atomic E-state index is 6.12. The molecule has 0 atom stereocenters. The zero-order valence-corrected chi connectivity index (χ0v) is 13.7. The normalized spacial score (nSPS) is 10.9. The van der Waals surface area contributed by atoms with E-state index in [-0.39, 0.29) is 15.0 Å². The maximum absolute atomic E-state index is 6.12. The van der Waals surface area contributed by atoms with E-state index in [1.165, 1.54) is 20.0 Å². The zero-order chi connectivity index (χ0) is 14.1. The van der Waals surface area contributed by atoms with Gasteiger partial charge >= 0.3 is 129 Å². The quantitative estimate of drug-likeness (QED) is 0.722. The van der Waals surface area contributed by atoms with Gasteiger partial charge in [0, 0.05) is 0 Å². The Morgan fingerprint density at radius 2 is 1.85 bits per heavy atom. The van der Waals surface area contributed by atoms with E-state index in [0.29, 0.717) is 0 Å². The second-order valence-electron chi connectivity index (χ2n) is 4.55. The van der Waals surface area contributed by atoms with Gasteiger partial charge in [-0.3, -0.25) is 0 Å². The molecule has 0 unspecified atom stereocenters. The van der Waals surface area contributed by atoms with Crippen LogP contribution >= 0.6 is 11.6 Å². The molecule has 0 aliphatic heterocycles. The van der Waals surface area contributed by atoms with Crippen molar-refractivity contribution in [2.45, 2.75) is 6.92 Å². The fraction of sp³-hybridized carbons (Fsp3) is 0.125. The number of hydrogen-bond donors (Lipinski definition) is 1. The molecule has 0 bridgehead atoms. The van der Waals surface area contributed by atoms with Crippen molar-refractivity contribution in [1.29, 1.82) is 0 Å². The van der Waals surface area contributed by atoms with Gasteiger partial charge in [0.05, 0.1) is 0 Å². The number of halogens is 1. The molecule has 3 aromatic rings. The summed E-state index contributed by atoms with van der Waals surface area (Å²) in [6, 6.07) is 14.3. The zero-order valence-electron chi connectivity index (χ0n) is 11.2. The molecule has 0 radical (unpaired) electrons. The van der Waals surface area contributed by atoms with E-state index in [9.17, 15) is 0 Å². The van der Waals surface area contributed by atoms with Gasteiger partial charge in [0.2, 0.25) is 0 Å². The molecule has 2 nitrogen and oxygen atoms in total. The van der Waals surface area contributed by atoms with Crippen molar-refractivity contribution in [2.75, 3.05) is 7.11 Å². The summed E-state index contributed by atoms with van der Waals surface area (Å²) in [7, 11) is 1.69. The topological polar surface area (TPSA) is 25.0 Å². The molecule has 0 aliphatic carbocycles. The summed E-state index contributed by atoms with van der Waals surface area (Å²) in [6.45, 7) is 2.12.